The van der Waals surface area contributed by atoms with Gasteiger partial charge in [-0.3, -0.25) is 9.59 Å². The molecular weight excluding hydrogens is 369 g/mol. The van der Waals surface area contributed by atoms with Crippen molar-refractivity contribution in [3.8, 4) is 11.1 Å². The number of hydrogen-bond donors (Lipinski definition) is 1. The van der Waals surface area contributed by atoms with E-state index in [4.69, 9.17) is 4.74 Å². The molecule has 0 aliphatic carbocycles. The summed E-state index contributed by atoms with van der Waals surface area (Å²) < 4.78 is 17.9. The SMILES string of the molecule is O=C(COC(=O)Cc1ccc(-c2ccccc2)cc1)NCCc1ccc(F)cc1. The average Bonchev–Trinajstić information content (AvgIpc) is 2.75. The number of ether oxygens (including phenoxy) is 1. The van der Waals surface area contributed by atoms with Gasteiger partial charge < -0.3 is 10.1 Å². The number of carbonyl (C=O) groups is 2. The lowest BCUT2D eigenvalue weighted by molar-refractivity contribution is -0.147. The molecule has 3 aromatic carbocycles. The van der Waals surface area contributed by atoms with Crippen molar-refractivity contribution in [1.29, 1.82) is 0 Å². The van der Waals surface area contributed by atoms with E-state index in [1.54, 1.807) is 12.1 Å². The number of rotatable bonds is 8. The van der Waals surface area contributed by atoms with E-state index in [0.29, 0.717) is 13.0 Å². The highest BCUT2D eigenvalue weighted by Gasteiger charge is 2.09. The van der Waals surface area contributed by atoms with Gasteiger partial charge in [-0.25, -0.2) is 4.39 Å². The molecule has 0 aliphatic heterocycles. The van der Waals surface area contributed by atoms with E-state index in [-0.39, 0.29) is 24.8 Å². The van der Waals surface area contributed by atoms with Crippen LogP contribution in [0.3, 0.4) is 0 Å². The van der Waals surface area contributed by atoms with E-state index in [2.05, 4.69) is 5.32 Å². The largest absolute Gasteiger partial charge is 0.455 e. The Labute approximate surface area is 169 Å². The molecule has 0 saturated carbocycles. The summed E-state index contributed by atoms with van der Waals surface area (Å²) in [6.07, 6.45) is 0.686. The van der Waals surface area contributed by atoms with Crippen molar-refractivity contribution in [2.24, 2.45) is 0 Å². The number of carbonyl (C=O) groups excluding carboxylic acids is 2. The molecule has 3 aromatic rings. The van der Waals surface area contributed by atoms with E-state index < -0.39 is 5.97 Å². The van der Waals surface area contributed by atoms with Crippen molar-refractivity contribution < 1.29 is 18.7 Å². The van der Waals surface area contributed by atoms with Crippen LogP contribution >= 0.6 is 0 Å². The van der Waals surface area contributed by atoms with Crippen LogP contribution in [0.5, 0.6) is 0 Å². The van der Waals surface area contributed by atoms with Crippen LogP contribution in [-0.2, 0) is 27.2 Å². The topological polar surface area (TPSA) is 55.4 Å². The summed E-state index contributed by atoms with van der Waals surface area (Å²) >= 11 is 0. The first kappa shape index (κ1) is 20.3. The summed E-state index contributed by atoms with van der Waals surface area (Å²) in [5.41, 5.74) is 3.93. The third-order valence-electron chi connectivity index (χ3n) is 4.42. The van der Waals surface area contributed by atoms with Gasteiger partial charge in [0.1, 0.15) is 5.82 Å². The Morgan fingerprint density at radius 1 is 0.793 bits per heavy atom. The van der Waals surface area contributed by atoms with E-state index in [9.17, 15) is 14.0 Å². The van der Waals surface area contributed by atoms with Gasteiger partial charge in [0.15, 0.2) is 6.61 Å². The van der Waals surface area contributed by atoms with E-state index in [1.807, 2.05) is 54.6 Å². The maximum absolute atomic E-state index is 12.8. The molecule has 4 nitrogen and oxygen atoms in total. The lowest BCUT2D eigenvalue weighted by atomic mass is 10.0. The second kappa shape index (κ2) is 10.2. The van der Waals surface area contributed by atoms with Crippen molar-refractivity contribution >= 4 is 11.9 Å². The van der Waals surface area contributed by atoms with Crippen molar-refractivity contribution in [3.63, 3.8) is 0 Å². The molecular formula is C24H22FNO3. The van der Waals surface area contributed by atoms with Gasteiger partial charge in [-0.15, -0.1) is 0 Å². The molecule has 0 aromatic heterocycles. The van der Waals surface area contributed by atoms with E-state index >= 15 is 0 Å². The lowest BCUT2D eigenvalue weighted by Crippen LogP contribution is -2.30. The summed E-state index contributed by atoms with van der Waals surface area (Å²) in [5, 5.41) is 2.68. The van der Waals surface area contributed by atoms with Crippen LogP contribution in [0.1, 0.15) is 11.1 Å². The summed E-state index contributed by atoms with van der Waals surface area (Å²) in [7, 11) is 0. The molecule has 3 rings (SSSR count). The van der Waals surface area contributed by atoms with Crippen molar-refractivity contribution in [1.82, 2.24) is 5.32 Å². The van der Waals surface area contributed by atoms with Gasteiger partial charge in [-0.2, -0.15) is 0 Å². The van der Waals surface area contributed by atoms with E-state index in [1.165, 1.54) is 12.1 Å². The Balaban J connectivity index is 1.38. The summed E-state index contributed by atoms with van der Waals surface area (Å²) in [6.45, 7) is 0.0767. The average molecular weight is 391 g/mol. The number of esters is 1. The third kappa shape index (κ3) is 6.57. The fraction of sp³-hybridized carbons (Fsp3) is 0.167. The number of halogens is 1. The molecule has 0 saturated heterocycles. The molecule has 0 heterocycles. The highest BCUT2D eigenvalue weighted by Crippen LogP contribution is 2.19. The highest BCUT2D eigenvalue weighted by molar-refractivity contribution is 5.81. The minimum atomic E-state index is -0.453. The fourth-order valence-electron chi connectivity index (χ4n) is 2.86. The second-order valence-electron chi connectivity index (χ2n) is 6.63. The first-order valence-corrected chi connectivity index (χ1v) is 9.41. The molecule has 0 atom stereocenters. The fourth-order valence-corrected chi connectivity index (χ4v) is 2.86. The highest BCUT2D eigenvalue weighted by atomic mass is 19.1. The van der Waals surface area contributed by atoms with Gasteiger partial charge in [0.25, 0.3) is 5.91 Å². The molecule has 0 aliphatic rings. The molecule has 1 N–H and O–H groups in total. The van der Waals surface area contributed by atoms with Crippen molar-refractivity contribution in [2.75, 3.05) is 13.2 Å². The Morgan fingerprint density at radius 2 is 1.41 bits per heavy atom. The van der Waals surface area contributed by atoms with Gasteiger partial charge in [0.05, 0.1) is 6.42 Å². The lowest BCUT2D eigenvalue weighted by Gasteiger charge is -2.07. The third-order valence-corrected chi connectivity index (χ3v) is 4.42. The minimum absolute atomic E-state index is 0.109. The number of nitrogens with one attached hydrogen (secondary N) is 1. The van der Waals surface area contributed by atoms with Crippen LogP contribution in [0.25, 0.3) is 11.1 Å². The molecule has 1 amide bonds. The quantitative estimate of drug-likeness (QED) is 0.592. The molecule has 0 fully saturated rings. The van der Waals surface area contributed by atoms with Crippen LogP contribution < -0.4 is 5.32 Å². The van der Waals surface area contributed by atoms with Crippen LogP contribution in [-0.4, -0.2) is 25.0 Å². The van der Waals surface area contributed by atoms with Crippen molar-refractivity contribution in [2.45, 2.75) is 12.8 Å². The Kier molecular flexibility index (Phi) is 7.11. The zero-order valence-corrected chi connectivity index (χ0v) is 15.9. The van der Waals surface area contributed by atoms with Crippen LogP contribution in [0.2, 0.25) is 0 Å². The van der Waals surface area contributed by atoms with Crippen LogP contribution in [0.4, 0.5) is 4.39 Å². The maximum Gasteiger partial charge on any atom is 0.310 e. The first-order chi connectivity index (χ1) is 14.1. The van der Waals surface area contributed by atoms with Gasteiger partial charge in [0.2, 0.25) is 0 Å². The number of benzene rings is 3. The predicted molar refractivity (Wildman–Crippen MR) is 110 cm³/mol. The van der Waals surface area contributed by atoms with Gasteiger partial charge in [-0.1, -0.05) is 66.7 Å². The number of amides is 1. The summed E-state index contributed by atoms with van der Waals surface area (Å²) in [4.78, 5) is 23.8. The molecule has 5 heteroatoms. The van der Waals surface area contributed by atoms with Crippen molar-refractivity contribution in [3.05, 3.63) is 95.8 Å². The molecule has 0 spiro atoms. The van der Waals surface area contributed by atoms with Crippen LogP contribution in [0, 0.1) is 5.82 Å². The van der Waals surface area contributed by atoms with Gasteiger partial charge >= 0.3 is 5.97 Å². The predicted octanol–water partition coefficient (Wildman–Crippen LogP) is 3.94. The zero-order valence-electron chi connectivity index (χ0n) is 15.9. The summed E-state index contributed by atoms with van der Waals surface area (Å²) in [5.74, 6) is -1.11. The monoisotopic (exact) mass is 391 g/mol. The maximum atomic E-state index is 12.8. The smallest absolute Gasteiger partial charge is 0.310 e. The molecule has 0 radical (unpaired) electrons. The number of hydrogen-bond acceptors (Lipinski definition) is 3. The Bertz CT molecular complexity index is 938. The molecule has 0 unspecified atom stereocenters. The Hall–Kier alpha value is -3.47. The first-order valence-electron chi connectivity index (χ1n) is 9.41. The summed E-state index contributed by atoms with van der Waals surface area (Å²) in [6, 6.07) is 23.8. The molecule has 29 heavy (non-hydrogen) atoms. The molecule has 148 valence electrons. The normalized spacial score (nSPS) is 10.4. The standard InChI is InChI=1S/C24H22FNO3/c25-22-12-8-18(9-13-22)14-15-26-23(27)17-29-24(28)16-19-6-10-21(11-7-19)20-4-2-1-3-5-20/h1-13H,14-17H2,(H,26,27). The zero-order chi connectivity index (χ0) is 20.5. The minimum Gasteiger partial charge on any atom is -0.455 e. The van der Waals surface area contributed by atoms with Crippen LogP contribution in [0.15, 0.2) is 78.9 Å². The second-order valence-corrected chi connectivity index (χ2v) is 6.63. The molecule has 0 bridgehead atoms. The van der Waals surface area contributed by atoms with Gasteiger partial charge in [-0.05, 0) is 40.8 Å². The van der Waals surface area contributed by atoms with Gasteiger partial charge in [0, 0.05) is 6.54 Å². The Morgan fingerprint density at radius 3 is 2.10 bits per heavy atom. The van der Waals surface area contributed by atoms with E-state index in [0.717, 1.165) is 22.3 Å².